The van der Waals surface area contributed by atoms with Gasteiger partial charge in [0.2, 0.25) is 5.91 Å². The monoisotopic (exact) mass is 360 g/mol. The van der Waals surface area contributed by atoms with Crippen LogP contribution in [-0.2, 0) is 4.79 Å². The first-order chi connectivity index (χ1) is 12.0. The Morgan fingerprint density at radius 1 is 1.12 bits per heavy atom. The molecule has 0 aliphatic carbocycles. The lowest BCUT2D eigenvalue weighted by atomic mass is 9.79. The summed E-state index contributed by atoms with van der Waals surface area (Å²) in [5.41, 5.74) is 1.58. The normalized spacial score (nSPS) is 19.7. The molecule has 5 nitrogen and oxygen atoms in total. The maximum Gasteiger partial charge on any atom is 0.247 e. The van der Waals surface area contributed by atoms with Crippen LogP contribution in [0.25, 0.3) is 6.08 Å². The van der Waals surface area contributed by atoms with Crippen molar-refractivity contribution < 1.29 is 14.3 Å². The van der Waals surface area contributed by atoms with Crippen LogP contribution in [0.1, 0.15) is 53.0 Å². The second-order valence-electron chi connectivity index (χ2n) is 8.41. The predicted octanol–water partition coefficient (Wildman–Crippen LogP) is 3.53. The molecule has 0 unspecified atom stereocenters. The van der Waals surface area contributed by atoms with E-state index >= 15 is 0 Å². The molecule has 26 heavy (non-hydrogen) atoms. The minimum Gasteiger partial charge on any atom is -0.493 e. The summed E-state index contributed by atoms with van der Waals surface area (Å²) in [4.78, 5) is 12.7. The summed E-state index contributed by atoms with van der Waals surface area (Å²) < 4.78 is 10.6. The fourth-order valence-electron chi connectivity index (χ4n) is 3.98. The van der Waals surface area contributed by atoms with Gasteiger partial charge in [0, 0.05) is 22.7 Å². The van der Waals surface area contributed by atoms with E-state index in [0.29, 0.717) is 17.1 Å². The summed E-state index contributed by atoms with van der Waals surface area (Å²) in [6, 6.07) is 5.78. The van der Waals surface area contributed by atoms with Crippen LogP contribution >= 0.6 is 0 Å². The molecule has 1 aromatic carbocycles. The summed E-state index contributed by atoms with van der Waals surface area (Å²) in [7, 11) is 3.21. The fourth-order valence-corrected chi connectivity index (χ4v) is 3.98. The Morgan fingerprint density at radius 3 is 2.23 bits per heavy atom. The zero-order valence-corrected chi connectivity index (χ0v) is 17.0. The van der Waals surface area contributed by atoms with Crippen molar-refractivity contribution in [2.24, 2.45) is 0 Å². The van der Waals surface area contributed by atoms with Crippen LogP contribution < -0.4 is 20.1 Å². The molecule has 0 saturated carbocycles. The van der Waals surface area contributed by atoms with Crippen LogP contribution in [0.3, 0.4) is 0 Å². The Bertz CT molecular complexity index is 676. The minimum absolute atomic E-state index is 0.000660. The predicted molar refractivity (Wildman–Crippen MR) is 106 cm³/mol. The van der Waals surface area contributed by atoms with Gasteiger partial charge in [-0.3, -0.25) is 4.79 Å². The summed E-state index contributed by atoms with van der Waals surface area (Å²) in [6.07, 6.45) is 3.69. The molecule has 5 heteroatoms. The maximum atomic E-state index is 12.7. The molecule has 0 bridgehead atoms. The van der Waals surface area contributed by atoms with Crippen molar-refractivity contribution in [3.63, 3.8) is 0 Å². The molecule has 1 amide bonds. The Morgan fingerprint density at radius 2 is 1.69 bits per heavy atom. The molecule has 0 spiro atoms. The number of benzene rings is 1. The number of ether oxygens (including phenoxy) is 2. The molecule has 0 aromatic heterocycles. The summed E-state index contributed by atoms with van der Waals surface area (Å²) in [6.45, 7) is 10.6. The summed E-state index contributed by atoms with van der Waals surface area (Å²) in [5.74, 6) is 1.29. The van der Waals surface area contributed by atoms with E-state index in [2.05, 4.69) is 38.3 Å². The number of hydrogen-bond donors (Lipinski definition) is 2. The van der Waals surface area contributed by atoms with Gasteiger partial charge in [-0.05, 0) is 71.2 Å². The second-order valence-corrected chi connectivity index (χ2v) is 8.41. The number of amides is 1. The third-order valence-corrected chi connectivity index (χ3v) is 4.67. The van der Waals surface area contributed by atoms with Crippen molar-refractivity contribution in [1.29, 1.82) is 0 Å². The van der Waals surface area contributed by atoms with Crippen molar-refractivity contribution in [2.45, 2.75) is 64.6 Å². The highest BCUT2D eigenvalue weighted by Gasteiger charge is 2.38. The number of rotatable bonds is 5. The molecule has 1 aliphatic heterocycles. The Balaban J connectivity index is 2.10. The van der Waals surface area contributed by atoms with Gasteiger partial charge in [0.15, 0.2) is 11.5 Å². The number of nitrogens with one attached hydrogen (secondary N) is 2. The Labute approximate surface area is 157 Å². The number of carbonyl (C=O) groups excluding carboxylic acids is 1. The van der Waals surface area contributed by atoms with E-state index in [1.54, 1.807) is 14.2 Å². The summed E-state index contributed by atoms with van der Waals surface area (Å²) >= 11 is 0. The Hall–Kier alpha value is -2.01. The second kappa shape index (κ2) is 7.70. The molecule has 1 aliphatic rings. The van der Waals surface area contributed by atoms with Crippen LogP contribution in [0.4, 0.5) is 0 Å². The molecule has 2 N–H and O–H groups in total. The van der Waals surface area contributed by atoms with E-state index < -0.39 is 0 Å². The van der Waals surface area contributed by atoms with Crippen LogP contribution in [0.2, 0.25) is 0 Å². The molecule has 1 fully saturated rings. The average Bonchev–Trinajstić information content (AvgIpc) is 2.51. The highest BCUT2D eigenvalue weighted by Crippen LogP contribution is 2.30. The van der Waals surface area contributed by atoms with Gasteiger partial charge < -0.3 is 20.1 Å². The van der Waals surface area contributed by atoms with E-state index in [-0.39, 0.29) is 23.0 Å². The van der Waals surface area contributed by atoms with Crippen molar-refractivity contribution in [3.05, 3.63) is 29.3 Å². The molecule has 0 atom stereocenters. The van der Waals surface area contributed by atoms with E-state index in [9.17, 15) is 4.79 Å². The first-order valence-corrected chi connectivity index (χ1v) is 9.06. The zero-order valence-electron chi connectivity index (χ0n) is 17.0. The maximum absolute atomic E-state index is 12.7. The van der Waals surface area contributed by atoms with Crippen LogP contribution in [0, 0.1) is 0 Å². The number of hydrogen-bond acceptors (Lipinski definition) is 4. The van der Waals surface area contributed by atoms with E-state index in [4.69, 9.17) is 9.47 Å². The van der Waals surface area contributed by atoms with Gasteiger partial charge in [0.1, 0.15) is 0 Å². The molecule has 1 aromatic rings. The third kappa shape index (κ3) is 5.24. The van der Waals surface area contributed by atoms with Gasteiger partial charge in [0.25, 0.3) is 0 Å². The van der Waals surface area contributed by atoms with Crippen LogP contribution in [0.5, 0.6) is 11.5 Å². The van der Waals surface area contributed by atoms with E-state index in [1.807, 2.05) is 31.2 Å². The highest BCUT2D eigenvalue weighted by molar-refractivity contribution is 5.97. The fraction of sp³-hybridized carbons (Fsp3) is 0.571. The molecular formula is C21H32N2O3. The van der Waals surface area contributed by atoms with Crippen molar-refractivity contribution in [3.8, 4) is 11.5 Å². The molecular weight excluding hydrogens is 328 g/mol. The molecule has 1 saturated heterocycles. The van der Waals surface area contributed by atoms with Crippen molar-refractivity contribution in [1.82, 2.24) is 10.6 Å². The van der Waals surface area contributed by atoms with Gasteiger partial charge in [0.05, 0.1) is 14.2 Å². The minimum atomic E-state index is -0.0294. The number of carbonyl (C=O) groups is 1. The molecule has 0 radical (unpaired) electrons. The van der Waals surface area contributed by atoms with Crippen molar-refractivity contribution >= 4 is 12.0 Å². The smallest absolute Gasteiger partial charge is 0.247 e. The average molecular weight is 360 g/mol. The topological polar surface area (TPSA) is 59.6 Å². The lowest BCUT2D eigenvalue weighted by Gasteiger charge is -2.46. The number of methoxy groups -OCH3 is 2. The highest BCUT2D eigenvalue weighted by atomic mass is 16.5. The first kappa shape index (κ1) is 20.3. The Kier molecular flexibility index (Phi) is 6.02. The third-order valence-electron chi connectivity index (χ3n) is 4.67. The lowest BCUT2D eigenvalue weighted by Crippen LogP contribution is -2.62. The zero-order chi connectivity index (χ0) is 19.5. The molecule has 144 valence electrons. The van der Waals surface area contributed by atoms with Gasteiger partial charge in [-0.25, -0.2) is 0 Å². The van der Waals surface area contributed by atoms with Crippen LogP contribution in [0.15, 0.2) is 23.8 Å². The molecule has 1 heterocycles. The molecule has 2 rings (SSSR count). The lowest BCUT2D eigenvalue weighted by molar-refractivity contribution is -0.118. The largest absolute Gasteiger partial charge is 0.493 e. The van der Waals surface area contributed by atoms with Crippen molar-refractivity contribution in [2.75, 3.05) is 14.2 Å². The van der Waals surface area contributed by atoms with Gasteiger partial charge in [-0.15, -0.1) is 0 Å². The van der Waals surface area contributed by atoms with E-state index in [1.165, 1.54) is 0 Å². The van der Waals surface area contributed by atoms with Gasteiger partial charge >= 0.3 is 0 Å². The summed E-state index contributed by atoms with van der Waals surface area (Å²) in [5, 5.41) is 6.83. The van der Waals surface area contributed by atoms with Crippen LogP contribution in [-0.4, -0.2) is 37.2 Å². The first-order valence-electron chi connectivity index (χ1n) is 9.06. The van der Waals surface area contributed by atoms with E-state index in [0.717, 1.165) is 18.4 Å². The number of piperidine rings is 1. The van der Waals surface area contributed by atoms with Gasteiger partial charge in [-0.2, -0.15) is 0 Å². The standard InChI is InChI=1S/C21H32N2O3/c1-14(10-15-8-9-17(25-6)18(11-15)26-7)19(24)22-16-12-20(2,3)23-21(4,5)13-16/h8-11,16,23H,12-13H2,1-7H3,(H,22,24)/b14-10+. The van der Waals surface area contributed by atoms with Gasteiger partial charge in [-0.1, -0.05) is 6.07 Å². The SMILES string of the molecule is COc1ccc(/C=C(\C)C(=O)NC2CC(C)(C)NC(C)(C)C2)cc1OC. The quantitative estimate of drug-likeness (QED) is 0.789.